The minimum Gasteiger partial charge on any atom is -0.444 e. The molecular formula is C22H23FN4O2. The molecule has 2 heterocycles. The average Bonchev–Trinajstić information content (AvgIpc) is 3.22. The smallest absolute Gasteiger partial charge is 0.407 e. The van der Waals surface area contributed by atoms with Crippen LogP contribution in [0.15, 0.2) is 42.6 Å². The zero-order valence-corrected chi connectivity index (χ0v) is 16.6. The molecule has 0 fully saturated rings. The molecule has 4 rings (SSSR count). The molecular weight excluding hydrogens is 371 g/mol. The van der Waals surface area contributed by atoms with E-state index in [-0.39, 0.29) is 5.82 Å². The van der Waals surface area contributed by atoms with Crippen LogP contribution in [-0.4, -0.2) is 33.2 Å². The molecule has 3 N–H and O–H groups in total. The van der Waals surface area contributed by atoms with E-state index in [0.717, 1.165) is 38.9 Å². The van der Waals surface area contributed by atoms with Crippen molar-refractivity contribution in [3.63, 3.8) is 0 Å². The monoisotopic (exact) mass is 394 g/mol. The van der Waals surface area contributed by atoms with Gasteiger partial charge in [-0.3, -0.25) is 0 Å². The highest BCUT2D eigenvalue weighted by atomic mass is 19.1. The van der Waals surface area contributed by atoms with E-state index in [1.54, 1.807) is 6.07 Å². The quantitative estimate of drug-likeness (QED) is 0.460. The molecule has 1 amide bonds. The van der Waals surface area contributed by atoms with Gasteiger partial charge in [0, 0.05) is 35.6 Å². The van der Waals surface area contributed by atoms with Crippen LogP contribution in [0, 0.1) is 5.82 Å². The van der Waals surface area contributed by atoms with Crippen LogP contribution in [0.1, 0.15) is 26.6 Å². The number of rotatable bonds is 4. The van der Waals surface area contributed by atoms with E-state index >= 15 is 0 Å². The Morgan fingerprint density at radius 3 is 2.79 bits per heavy atom. The summed E-state index contributed by atoms with van der Waals surface area (Å²) in [6.45, 7) is 5.91. The minimum absolute atomic E-state index is 0.264. The van der Waals surface area contributed by atoms with Crippen LogP contribution in [0.25, 0.3) is 33.1 Å². The fourth-order valence-corrected chi connectivity index (χ4v) is 3.28. The first kappa shape index (κ1) is 19.0. The zero-order chi connectivity index (χ0) is 20.6. The Hall–Kier alpha value is -3.35. The average molecular weight is 394 g/mol. The van der Waals surface area contributed by atoms with Crippen molar-refractivity contribution in [1.29, 1.82) is 0 Å². The number of imidazole rings is 1. The van der Waals surface area contributed by atoms with Crippen LogP contribution in [0.3, 0.4) is 0 Å². The zero-order valence-electron chi connectivity index (χ0n) is 16.6. The summed E-state index contributed by atoms with van der Waals surface area (Å²) in [7, 11) is 0. The molecule has 0 spiro atoms. The number of benzene rings is 2. The number of H-pyrrole nitrogens is 2. The highest BCUT2D eigenvalue weighted by molar-refractivity contribution is 5.97. The van der Waals surface area contributed by atoms with Crippen molar-refractivity contribution in [3.8, 4) is 11.1 Å². The number of amides is 1. The topological polar surface area (TPSA) is 82.8 Å². The summed E-state index contributed by atoms with van der Waals surface area (Å²) in [4.78, 5) is 22.7. The van der Waals surface area contributed by atoms with Gasteiger partial charge in [0.25, 0.3) is 0 Å². The molecule has 150 valence electrons. The molecule has 4 aromatic rings. The lowest BCUT2D eigenvalue weighted by Crippen LogP contribution is -2.33. The highest BCUT2D eigenvalue weighted by Gasteiger charge is 2.16. The lowest BCUT2D eigenvalue weighted by Gasteiger charge is -2.19. The van der Waals surface area contributed by atoms with Crippen LogP contribution < -0.4 is 5.32 Å². The van der Waals surface area contributed by atoms with Gasteiger partial charge in [0.1, 0.15) is 17.2 Å². The third kappa shape index (κ3) is 4.23. The molecule has 2 aromatic heterocycles. The van der Waals surface area contributed by atoms with Gasteiger partial charge in [-0.2, -0.15) is 0 Å². The number of hydrogen-bond donors (Lipinski definition) is 3. The van der Waals surface area contributed by atoms with E-state index < -0.39 is 11.7 Å². The van der Waals surface area contributed by atoms with E-state index in [4.69, 9.17) is 4.74 Å². The van der Waals surface area contributed by atoms with E-state index in [2.05, 4.69) is 20.3 Å². The van der Waals surface area contributed by atoms with Gasteiger partial charge in [-0.05, 0) is 56.7 Å². The number of halogens is 1. The number of carbonyl (C=O) groups excluding carboxylic acids is 1. The number of aromatic amines is 2. The van der Waals surface area contributed by atoms with Crippen LogP contribution in [0.2, 0.25) is 0 Å². The number of carbonyl (C=O) groups is 1. The second-order valence-corrected chi connectivity index (χ2v) is 7.99. The Kier molecular flexibility index (Phi) is 4.74. The summed E-state index contributed by atoms with van der Waals surface area (Å²) in [6, 6.07) is 10.7. The molecule has 0 saturated carbocycles. The summed E-state index contributed by atoms with van der Waals surface area (Å²) >= 11 is 0. The number of nitrogens with zero attached hydrogens (tertiary/aromatic N) is 1. The molecule has 2 aromatic carbocycles. The fourth-order valence-electron chi connectivity index (χ4n) is 3.28. The van der Waals surface area contributed by atoms with Crippen molar-refractivity contribution >= 4 is 28.0 Å². The number of hydrogen-bond acceptors (Lipinski definition) is 3. The molecule has 0 aliphatic carbocycles. The minimum atomic E-state index is -0.520. The van der Waals surface area contributed by atoms with Gasteiger partial charge in [-0.25, -0.2) is 14.2 Å². The third-order valence-corrected chi connectivity index (χ3v) is 4.52. The molecule has 0 atom stereocenters. The Morgan fingerprint density at radius 1 is 1.17 bits per heavy atom. The van der Waals surface area contributed by atoms with Gasteiger partial charge < -0.3 is 20.0 Å². The Bertz CT molecular complexity index is 1190. The second-order valence-electron chi connectivity index (χ2n) is 7.99. The van der Waals surface area contributed by atoms with E-state index in [0.29, 0.717) is 13.0 Å². The van der Waals surface area contributed by atoms with Crippen LogP contribution >= 0.6 is 0 Å². The van der Waals surface area contributed by atoms with Crippen molar-refractivity contribution in [2.45, 2.75) is 32.8 Å². The van der Waals surface area contributed by atoms with E-state index in [1.165, 1.54) is 12.1 Å². The maximum absolute atomic E-state index is 13.4. The number of alkyl carbamates (subject to hydrolysis) is 1. The summed E-state index contributed by atoms with van der Waals surface area (Å²) < 4.78 is 18.7. The summed E-state index contributed by atoms with van der Waals surface area (Å²) in [5.41, 5.74) is 4.02. The first-order valence-electron chi connectivity index (χ1n) is 9.51. The Labute approximate surface area is 167 Å². The number of nitrogens with one attached hydrogen (secondary N) is 3. The maximum Gasteiger partial charge on any atom is 0.407 e. The first-order chi connectivity index (χ1) is 13.8. The van der Waals surface area contributed by atoms with Gasteiger partial charge in [-0.15, -0.1) is 0 Å². The lowest BCUT2D eigenvalue weighted by molar-refractivity contribution is 0.0528. The lowest BCUT2D eigenvalue weighted by atomic mass is 10.0. The van der Waals surface area contributed by atoms with Gasteiger partial charge in [-0.1, -0.05) is 6.07 Å². The normalized spacial score (nSPS) is 11.9. The first-order valence-corrected chi connectivity index (χ1v) is 9.51. The molecule has 0 saturated heterocycles. The molecule has 6 nitrogen and oxygen atoms in total. The van der Waals surface area contributed by atoms with Crippen molar-refractivity contribution in [1.82, 2.24) is 20.3 Å². The largest absolute Gasteiger partial charge is 0.444 e. The summed E-state index contributed by atoms with van der Waals surface area (Å²) in [5, 5.41) is 3.70. The maximum atomic E-state index is 13.4. The van der Waals surface area contributed by atoms with Gasteiger partial charge in [0.2, 0.25) is 0 Å². The standard InChI is InChI=1S/C22H23FN4O2/c1-22(2,3)29-21(28)24-9-8-20-26-17-7-4-13(10-19(17)27-20)16-12-25-18-11-14(23)5-6-15(16)18/h4-7,10-12,25H,8-9H2,1-3H3,(H,24,28)(H,26,27). The summed E-state index contributed by atoms with van der Waals surface area (Å²) in [5.74, 6) is 0.522. The van der Waals surface area contributed by atoms with E-state index in [1.807, 2.05) is 45.2 Å². The van der Waals surface area contributed by atoms with Crippen LogP contribution in [-0.2, 0) is 11.2 Å². The SMILES string of the molecule is CC(C)(C)OC(=O)NCCc1nc2ccc(-c3c[nH]c4cc(F)ccc34)cc2[nH]1. The molecule has 0 aliphatic rings. The van der Waals surface area contributed by atoms with Crippen molar-refractivity contribution < 1.29 is 13.9 Å². The van der Waals surface area contributed by atoms with Gasteiger partial charge in [0.15, 0.2) is 0 Å². The van der Waals surface area contributed by atoms with Crippen molar-refractivity contribution in [2.75, 3.05) is 6.54 Å². The third-order valence-electron chi connectivity index (χ3n) is 4.52. The molecule has 29 heavy (non-hydrogen) atoms. The highest BCUT2D eigenvalue weighted by Crippen LogP contribution is 2.30. The predicted molar refractivity (Wildman–Crippen MR) is 111 cm³/mol. The Morgan fingerprint density at radius 2 is 2.00 bits per heavy atom. The molecule has 7 heteroatoms. The number of ether oxygens (including phenoxy) is 1. The van der Waals surface area contributed by atoms with E-state index in [9.17, 15) is 9.18 Å². The number of aromatic nitrogens is 3. The molecule has 0 radical (unpaired) electrons. The fraction of sp³-hybridized carbons (Fsp3) is 0.273. The van der Waals surface area contributed by atoms with Crippen molar-refractivity contribution in [3.05, 3.63) is 54.2 Å². The number of fused-ring (bicyclic) bond motifs is 2. The molecule has 0 aliphatic heterocycles. The van der Waals surface area contributed by atoms with Crippen LogP contribution in [0.4, 0.5) is 9.18 Å². The van der Waals surface area contributed by atoms with Gasteiger partial charge in [0.05, 0.1) is 11.0 Å². The van der Waals surface area contributed by atoms with Crippen molar-refractivity contribution in [2.24, 2.45) is 0 Å². The molecule has 0 unspecified atom stereocenters. The predicted octanol–water partition coefficient (Wildman–Crippen LogP) is 4.92. The molecule has 0 bridgehead atoms. The Balaban J connectivity index is 1.50. The second kappa shape index (κ2) is 7.24. The van der Waals surface area contributed by atoms with Gasteiger partial charge >= 0.3 is 6.09 Å². The van der Waals surface area contributed by atoms with Crippen LogP contribution in [0.5, 0.6) is 0 Å². The summed E-state index contributed by atoms with van der Waals surface area (Å²) in [6.07, 6.45) is 2.01.